The van der Waals surface area contributed by atoms with Gasteiger partial charge in [0.25, 0.3) is 5.56 Å². The second-order valence-corrected chi connectivity index (χ2v) is 5.57. The maximum atomic E-state index is 12.1. The van der Waals surface area contributed by atoms with Crippen LogP contribution in [0.1, 0.15) is 17.7 Å². The van der Waals surface area contributed by atoms with Gasteiger partial charge in [0.2, 0.25) is 5.91 Å². The fraction of sp³-hybridized carbons (Fsp3) is 0.312. The van der Waals surface area contributed by atoms with Crippen molar-refractivity contribution in [3.05, 3.63) is 44.6 Å². The van der Waals surface area contributed by atoms with E-state index in [1.807, 2.05) is 0 Å². The summed E-state index contributed by atoms with van der Waals surface area (Å²) in [7, 11) is 3.07. The minimum Gasteiger partial charge on any atom is -0.497 e. The molecule has 1 aromatic carbocycles. The Hall–Kier alpha value is -2.61. The molecule has 1 heterocycles. The highest BCUT2D eigenvalue weighted by atomic mass is 32.1. The first-order valence-electron chi connectivity index (χ1n) is 7.28. The van der Waals surface area contributed by atoms with Crippen LogP contribution in [0.25, 0.3) is 0 Å². The predicted molar refractivity (Wildman–Crippen MR) is 93.5 cm³/mol. The van der Waals surface area contributed by atoms with Crippen LogP contribution in [0.2, 0.25) is 0 Å². The highest BCUT2D eigenvalue weighted by molar-refractivity contribution is 7.71. The quantitative estimate of drug-likeness (QED) is 0.696. The van der Waals surface area contributed by atoms with Gasteiger partial charge < -0.3 is 19.8 Å². The molecule has 0 aliphatic rings. The number of hydrogen-bond donors (Lipinski definition) is 3. The number of methoxy groups -OCH3 is 2. The van der Waals surface area contributed by atoms with Gasteiger partial charge in [-0.1, -0.05) is 0 Å². The van der Waals surface area contributed by atoms with E-state index in [9.17, 15) is 9.59 Å². The maximum absolute atomic E-state index is 12.1. The molecule has 1 aromatic heterocycles. The van der Waals surface area contributed by atoms with Crippen molar-refractivity contribution in [1.29, 1.82) is 0 Å². The van der Waals surface area contributed by atoms with Gasteiger partial charge in [0.1, 0.15) is 11.5 Å². The molecule has 24 heavy (non-hydrogen) atoms. The Labute approximate surface area is 144 Å². The van der Waals surface area contributed by atoms with Crippen molar-refractivity contribution < 1.29 is 14.3 Å². The van der Waals surface area contributed by atoms with Gasteiger partial charge in [0.15, 0.2) is 4.77 Å². The zero-order chi connectivity index (χ0) is 17.7. The summed E-state index contributed by atoms with van der Waals surface area (Å²) in [6.07, 6.45) is 0.467. The lowest BCUT2D eigenvalue weighted by molar-refractivity contribution is -0.116. The van der Waals surface area contributed by atoms with E-state index in [0.717, 1.165) is 0 Å². The molecule has 0 unspecified atom stereocenters. The van der Waals surface area contributed by atoms with Crippen molar-refractivity contribution in [1.82, 2.24) is 9.97 Å². The van der Waals surface area contributed by atoms with Crippen LogP contribution < -0.4 is 20.3 Å². The maximum Gasteiger partial charge on any atom is 0.255 e. The van der Waals surface area contributed by atoms with Crippen molar-refractivity contribution in [3.63, 3.8) is 0 Å². The van der Waals surface area contributed by atoms with Crippen LogP contribution in [0.4, 0.5) is 5.69 Å². The molecule has 1 amide bonds. The van der Waals surface area contributed by atoms with Gasteiger partial charge in [-0.05, 0) is 25.6 Å². The summed E-state index contributed by atoms with van der Waals surface area (Å²) in [5, 5.41) is 2.77. The summed E-state index contributed by atoms with van der Waals surface area (Å²) in [6, 6.07) is 5.10. The average molecular weight is 349 g/mol. The monoisotopic (exact) mass is 349 g/mol. The summed E-state index contributed by atoms with van der Waals surface area (Å²) < 4.78 is 10.6. The number of H-pyrrole nitrogens is 2. The number of carbonyl (C=O) groups is 1. The second-order valence-electron chi connectivity index (χ2n) is 5.16. The molecule has 0 saturated heterocycles. The van der Waals surface area contributed by atoms with E-state index in [1.165, 1.54) is 14.2 Å². The fourth-order valence-electron chi connectivity index (χ4n) is 2.27. The lowest BCUT2D eigenvalue weighted by atomic mass is 10.1. The third-order valence-corrected chi connectivity index (χ3v) is 3.70. The molecule has 0 aliphatic heterocycles. The molecule has 7 nitrogen and oxygen atoms in total. The Morgan fingerprint density at radius 1 is 1.17 bits per heavy atom. The standard InChI is InChI=1S/C16H19N3O4S/c1-9-13(15(21)19-16(24)17-9)4-5-14(20)18-10-6-11(22-2)8-12(7-10)23-3/h6-8H,4-5H2,1-3H3,(H,18,20)(H2,17,19,21,24). The van der Waals surface area contributed by atoms with Crippen molar-refractivity contribution in [2.75, 3.05) is 19.5 Å². The molecule has 0 fully saturated rings. The molecule has 0 aliphatic carbocycles. The van der Waals surface area contributed by atoms with Crippen LogP contribution >= 0.6 is 12.2 Å². The van der Waals surface area contributed by atoms with Gasteiger partial charge in [0.05, 0.1) is 14.2 Å². The summed E-state index contributed by atoms with van der Waals surface area (Å²) in [5.41, 5.74) is 1.47. The van der Waals surface area contributed by atoms with E-state index in [4.69, 9.17) is 21.7 Å². The van der Waals surface area contributed by atoms with Crippen LogP contribution in [0.3, 0.4) is 0 Å². The summed E-state index contributed by atoms with van der Waals surface area (Å²) in [6.45, 7) is 1.76. The average Bonchev–Trinajstić information content (AvgIpc) is 2.53. The van der Waals surface area contributed by atoms with Crippen LogP contribution in [0, 0.1) is 11.7 Å². The molecule has 2 aromatic rings. The number of aromatic amines is 2. The van der Waals surface area contributed by atoms with Gasteiger partial charge in [-0.2, -0.15) is 0 Å². The normalized spacial score (nSPS) is 10.3. The highest BCUT2D eigenvalue weighted by Gasteiger charge is 2.10. The zero-order valence-electron chi connectivity index (χ0n) is 13.7. The van der Waals surface area contributed by atoms with Crippen LogP contribution in [0.15, 0.2) is 23.0 Å². The SMILES string of the molecule is COc1cc(NC(=O)CCc2c(C)[nH]c(=S)[nH]c2=O)cc(OC)c1. The van der Waals surface area contributed by atoms with Crippen molar-refractivity contribution in [2.24, 2.45) is 0 Å². The number of anilines is 1. The summed E-state index contributed by atoms with van der Waals surface area (Å²) >= 11 is 4.90. The first kappa shape index (κ1) is 17.7. The Bertz CT molecular complexity index is 835. The summed E-state index contributed by atoms with van der Waals surface area (Å²) in [4.78, 5) is 29.4. The molecule has 0 spiro atoms. The molecular formula is C16H19N3O4S. The number of nitrogens with one attached hydrogen (secondary N) is 3. The lowest BCUT2D eigenvalue weighted by Gasteiger charge is -2.10. The number of aromatic nitrogens is 2. The molecular weight excluding hydrogens is 330 g/mol. The smallest absolute Gasteiger partial charge is 0.255 e. The van der Waals surface area contributed by atoms with E-state index in [1.54, 1.807) is 25.1 Å². The third kappa shape index (κ3) is 4.45. The van der Waals surface area contributed by atoms with Crippen molar-refractivity contribution in [3.8, 4) is 11.5 Å². The Morgan fingerprint density at radius 2 is 1.79 bits per heavy atom. The minimum absolute atomic E-state index is 0.161. The van der Waals surface area contributed by atoms with E-state index in [0.29, 0.717) is 34.9 Å². The second kappa shape index (κ2) is 7.78. The van der Waals surface area contributed by atoms with Gasteiger partial charge in [-0.25, -0.2) is 0 Å². The van der Waals surface area contributed by atoms with E-state index in [-0.39, 0.29) is 22.7 Å². The number of carbonyl (C=O) groups excluding carboxylic acids is 1. The van der Waals surface area contributed by atoms with Crippen molar-refractivity contribution in [2.45, 2.75) is 19.8 Å². The molecule has 0 saturated carbocycles. The van der Waals surface area contributed by atoms with Gasteiger partial charge in [-0.15, -0.1) is 0 Å². The van der Waals surface area contributed by atoms with Crippen LogP contribution in [-0.2, 0) is 11.2 Å². The highest BCUT2D eigenvalue weighted by Crippen LogP contribution is 2.25. The number of hydrogen-bond acceptors (Lipinski definition) is 5. The third-order valence-electron chi connectivity index (χ3n) is 3.49. The topological polar surface area (TPSA) is 96.2 Å². The molecule has 0 atom stereocenters. The zero-order valence-corrected chi connectivity index (χ0v) is 14.5. The van der Waals surface area contributed by atoms with Gasteiger partial charge >= 0.3 is 0 Å². The Balaban J connectivity index is 2.07. The number of amides is 1. The predicted octanol–water partition coefficient (Wildman–Crippen LogP) is 2.33. The number of rotatable bonds is 6. The number of aryl methyl sites for hydroxylation is 1. The first-order valence-corrected chi connectivity index (χ1v) is 7.68. The van der Waals surface area contributed by atoms with Crippen molar-refractivity contribution >= 4 is 23.8 Å². The first-order chi connectivity index (χ1) is 11.4. The number of ether oxygens (including phenoxy) is 2. The van der Waals surface area contributed by atoms with Crippen LogP contribution in [0.5, 0.6) is 11.5 Å². The molecule has 128 valence electrons. The van der Waals surface area contributed by atoms with Crippen LogP contribution in [-0.4, -0.2) is 30.1 Å². The van der Waals surface area contributed by atoms with E-state index >= 15 is 0 Å². The lowest BCUT2D eigenvalue weighted by Crippen LogP contribution is -2.19. The number of benzene rings is 1. The molecule has 8 heteroatoms. The molecule has 3 N–H and O–H groups in total. The molecule has 0 bridgehead atoms. The largest absolute Gasteiger partial charge is 0.497 e. The van der Waals surface area contributed by atoms with E-state index < -0.39 is 0 Å². The fourth-order valence-corrected chi connectivity index (χ4v) is 2.51. The molecule has 2 rings (SSSR count). The minimum atomic E-state index is -0.271. The van der Waals surface area contributed by atoms with Gasteiger partial charge in [-0.3, -0.25) is 14.6 Å². The molecule has 0 radical (unpaired) electrons. The Morgan fingerprint density at radius 3 is 2.33 bits per heavy atom. The summed E-state index contributed by atoms with van der Waals surface area (Å²) in [5.74, 6) is 0.937. The van der Waals surface area contributed by atoms with E-state index in [2.05, 4.69) is 15.3 Å². The Kier molecular flexibility index (Phi) is 5.75. The van der Waals surface area contributed by atoms with Gasteiger partial charge in [0, 0.05) is 41.6 Å².